The molecule has 110 valence electrons. The molecule has 0 heterocycles. The number of allylic oxidation sites excluding steroid dienone is 2. The number of aliphatic carboxylic acids is 1. The highest BCUT2D eigenvalue weighted by atomic mass is 16.4. The smallest absolute Gasteiger partial charge is 0.228 e. The summed E-state index contributed by atoms with van der Waals surface area (Å²) < 4.78 is 0. The van der Waals surface area contributed by atoms with Crippen molar-refractivity contribution in [1.29, 1.82) is 0 Å². The Kier molecular flexibility index (Phi) is 3.32. The van der Waals surface area contributed by atoms with Gasteiger partial charge >= 0.3 is 0 Å². The first kappa shape index (κ1) is 13.9. The molecule has 4 atom stereocenters. The molecule has 4 heteroatoms. The SMILES string of the molecule is Cc1cccc(C)c1NC(=O)[C@H]1[C@@H](C(=O)[O-])[C@H]2C=C[C@@H]1C2. The van der Waals surface area contributed by atoms with E-state index >= 15 is 0 Å². The monoisotopic (exact) mass is 284 g/mol. The molecule has 0 unspecified atom stereocenters. The number of carbonyl (C=O) groups excluding carboxylic acids is 2. The molecule has 4 nitrogen and oxygen atoms in total. The number of aryl methyl sites for hydroxylation is 2. The topological polar surface area (TPSA) is 69.2 Å². The molecule has 0 aliphatic heterocycles. The van der Waals surface area contributed by atoms with Crippen LogP contribution < -0.4 is 10.4 Å². The van der Waals surface area contributed by atoms with E-state index in [9.17, 15) is 14.7 Å². The van der Waals surface area contributed by atoms with Gasteiger partial charge in [-0.1, -0.05) is 30.4 Å². The second kappa shape index (κ2) is 5.02. The molecule has 3 rings (SSSR count). The quantitative estimate of drug-likeness (QED) is 0.854. The fraction of sp³-hybridized carbons (Fsp3) is 0.412. The van der Waals surface area contributed by atoms with Crippen LogP contribution in [0.4, 0.5) is 5.69 Å². The predicted molar refractivity (Wildman–Crippen MR) is 77.3 cm³/mol. The van der Waals surface area contributed by atoms with Crippen molar-refractivity contribution in [3.63, 3.8) is 0 Å². The number of fused-ring (bicyclic) bond motifs is 2. The van der Waals surface area contributed by atoms with Gasteiger partial charge in [0.05, 0.1) is 5.92 Å². The summed E-state index contributed by atoms with van der Waals surface area (Å²) in [5.41, 5.74) is 2.74. The number of para-hydroxylation sites is 1. The number of nitrogens with one attached hydrogen (secondary N) is 1. The number of carbonyl (C=O) groups is 2. The lowest BCUT2D eigenvalue weighted by Crippen LogP contribution is -2.43. The van der Waals surface area contributed by atoms with E-state index in [1.54, 1.807) is 0 Å². The van der Waals surface area contributed by atoms with E-state index < -0.39 is 17.8 Å². The lowest BCUT2D eigenvalue weighted by atomic mass is 9.82. The minimum atomic E-state index is -1.12. The van der Waals surface area contributed by atoms with Gasteiger partial charge in [0, 0.05) is 17.6 Å². The first-order valence-electron chi connectivity index (χ1n) is 7.25. The number of carboxylic acids is 1. The molecule has 0 spiro atoms. The van der Waals surface area contributed by atoms with Crippen molar-refractivity contribution in [3.05, 3.63) is 41.5 Å². The molecule has 1 amide bonds. The minimum absolute atomic E-state index is 0.0159. The zero-order valence-electron chi connectivity index (χ0n) is 12.1. The number of benzene rings is 1. The summed E-state index contributed by atoms with van der Waals surface area (Å²) in [6.07, 6.45) is 4.62. The van der Waals surface area contributed by atoms with Crippen molar-refractivity contribution < 1.29 is 14.7 Å². The summed E-state index contributed by atoms with van der Waals surface area (Å²) in [5, 5.41) is 14.3. The van der Waals surface area contributed by atoms with E-state index in [1.165, 1.54) is 0 Å². The fourth-order valence-corrected chi connectivity index (χ4v) is 3.72. The highest BCUT2D eigenvalue weighted by Gasteiger charge is 2.48. The van der Waals surface area contributed by atoms with E-state index in [4.69, 9.17) is 0 Å². The third-order valence-electron chi connectivity index (χ3n) is 4.76. The standard InChI is InChI=1S/C17H19NO3/c1-9-4-3-5-10(2)15(9)18-16(19)13-11-6-7-12(8-11)14(13)17(20)21/h3-7,11-14H,8H2,1-2H3,(H,18,19)(H,20,21)/p-1/t11-,12+,13-,14+/m1/s1. The van der Waals surface area contributed by atoms with Crippen LogP contribution >= 0.6 is 0 Å². The molecule has 21 heavy (non-hydrogen) atoms. The summed E-state index contributed by atoms with van der Waals surface area (Å²) >= 11 is 0. The molecule has 2 aliphatic carbocycles. The van der Waals surface area contributed by atoms with Gasteiger partial charge in [0.2, 0.25) is 5.91 Å². The summed E-state index contributed by atoms with van der Waals surface area (Å²) in [7, 11) is 0. The van der Waals surface area contributed by atoms with Crippen molar-refractivity contribution in [3.8, 4) is 0 Å². The second-order valence-electron chi connectivity index (χ2n) is 6.07. The van der Waals surface area contributed by atoms with Crippen LogP contribution in [0, 0.1) is 37.5 Å². The first-order valence-corrected chi connectivity index (χ1v) is 7.25. The number of hydrogen-bond donors (Lipinski definition) is 1. The minimum Gasteiger partial charge on any atom is -0.550 e. The maximum Gasteiger partial charge on any atom is 0.228 e. The van der Waals surface area contributed by atoms with E-state index in [2.05, 4.69) is 5.32 Å². The highest BCUT2D eigenvalue weighted by molar-refractivity contribution is 5.97. The summed E-state index contributed by atoms with van der Waals surface area (Å²) in [6.45, 7) is 3.86. The molecular formula is C17H18NO3-. The Morgan fingerprint density at radius 3 is 2.24 bits per heavy atom. The lowest BCUT2D eigenvalue weighted by molar-refractivity contribution is -0.313. The molecule has 1 aromatic rings. The molecule has 1 saturated carbocycles. The molecule has 1 aromatic carbocycles. The molecule has 0 aromatic heterocycles. The van der Waals surface area contributed by atoms with E-state index in [1.807, 2.05) is 44.2 Å². The zero-order chi connectivity index (χ0) is 15.1. The van der Waals surface area contributed by atoms with Crippen molar-refractivity contribution in [1.82, 2.24) is 0 Å². The van der Waals surface area contributed by atoms with Gasteiger partial charge in [-0.2, -0.15) is 0 Å². The molecule has 1 fully saturated rings. The third-order valence-corrected chi connectivity index (χ3v) is 4.76. The van der Waals surface area contributed by atoms with E-state index in [-0.39, 0.29) is 17.7 Å². The van der Waals surface area contributed by atoms with Gasteiger partial charge in [-0.25, -0.2) is 0 Å². The van der Waals surface area contributed by atoms with Gasteiger partial charge < -0.3 is 15.2 Å². The van der Waals surface area contributed by atoms with Crippen LogP contribution in [0.2, 0.25) is 0 Å². The van der Waals surface area contributed by atoms with Crippen LogP contribution in [0.1, 0.15) is 17.5 Å². The molecular weight excluding hydrogens is 266 g/mol. The van der Waals surface area contributed by atoms with Crippen LogP contribution in [-0.2, 0) is 9.59 Å². The van der Waals surface area contributed by atoms with Crippen LogP contribution in [0.3, 0.4) is 0 Å². The summed E-state index contributed by atoms with van der Waals surface area (Å²) in [6, 6.07) is 5.80. The maximum atomic E-state index is 12.6. The van der Waals surface area contributed by atoms with Crippen LogP contribution in [0.25, 0.3) is 0 Å². The third kappa shape index (κ3) is 2.24. The predicted octanol–water partition coefficient (Wildman–Crippen LogP) is 1.43. The van der Waals surface area contributed by atoms with Crippen molar-refractivity contribution >= 4 is 17.6 Å². The van der Waals surface area contributed by atoms with Gasteiger partial charge in [0.15, 0.2) is 0 Å². The van der Waals surface area contributed by atoms with Crippen LogP contribution in [-0.4, -0.2) is 11.9 Å². The Morgan fingerprint density at radius 2 is 1.67 bits per heavy atom. The summed E-state index contributed by atoms with van der Waals surface area (Å²) in [4.78, 5) is 24.0. The van der Waals surface area contributed by atoms with E-state index in [0.717, 1.165) is 23.2 Å². The highest BCUT2D eigenvalue weighted by Crippen LogP contribution is 2.48. The van der Waals surface area contributed by atoms with Crippen molar-refractivity contribution in [2.75, 3.05) is 5.32 Å². The van der Waals surface area contributed by atoms with Crippen molar-refractivity contribution in [2.45, 2.75) is 20.3 Å². The Bertz CT molecular complexity index is 615. The lowest BCUT2D eigenvalue weighted by Gasteiger charge is -2.28. The Labute approximate surface area is 123 Å². The maximum absolute atomic E-state index is 12.6. The van der Waals surface area contributed by atoms with Crippen LogP contribution in [0.15, 0.2) is 30.4 Å². The Hall–Kier alpha value is -2.10. The zero-order valence-corrected chi connectivity index (χ0v) is 12.1. The van der Waals surface area contributed by atoms with Gasteiger partial charge in [0.25, 0.3) is 0 Å². The normalized spacial score (nSPS) is 29.6. The number of hydrogen-bond acceptors (Lipinski definition) is 3. The van der Waals surface area contributed by atoms with Gasteiger partial charge in [-0.3, -0.25) is 4.79 Å². The average molecular weight is 284 g/mol. The molecule has 2 aliphatic rings. The van der Waals surface area contributed by atoms with Gasteiger partial charge in [0.1, 0.15) is 0 Å². The average Bonchev–Trinajstić information content (AvgIpc) is 3.03. The molecule has 0 radical (unpaired) electrons. The van der Waals surface area contributed by atoms with Crippen LogP contribution in [0.5, 0.6) is 0 Å². The van der Waals surface area contributed by atoms with E-state index in [0.29, 0.717) is 0 Å². The molecule has 0 saturated heterocycles. The molecule has 2 bridgehead atoms. The number of anilines is 1. The van der Waals surface area contributed by atoms with Gasteiger partial charge in [-0.15, -0.1) is 0 Å². The number of carboxylic acid groups (broad SMARTS) is 1. The Balaban J connectivity index is 1.85. The first-order chi connectivity index (χ1) is 9.99. The Morgan fingerprint density at radius 1 is 1.10 bits per heavy atom. The summed E-state index contributed by atoms with van der Waals surface area (Å²) in [5.74, 6) is -2.60. The largest absolute Gasteiger partial charge is 0.550 e. The number of amides is 1. The second-order valence-corrected chi connectivity index (χ2v) is 6.07. The number of rotatable bonds is 3. The van der Waals surface area contributed by atoms with Crippen molar-refractivity contribution in [2.24, 2.45) is 23.7 Å². The van der Waals surface area contributed by atoms with Gasteiger partial charge in [-0.05, 0) is 43.2 Å². The molecule has 1 N–H and O–H groups in total. The fourth-order valence-electron chi connectivity index (χ4n) is 3.72.